The third-order valence-electron chi connectivity index (χ3n) is 3.05. The van der Waals surface area contributed by atoms with Gasteiger partial charge < -0.3 is 10.1 Å². The summed E-state index contributed by atoms with van der Waals surface area (Å²) in [4.78, 5) is 4.19. The maximum atomic E-state index is 5.86. The lowest BCUT2D eigenvalue weighted by Crippen LogP contribution is -2.36. The van der Waals surface area contributed by atoms with Crippen LogP contribution in [0.2, 0.25) is 0 Å². The molecule has 0 saturated carbocycles. The maximum absolute atomic E-state index is 5.86. The van der Waals surface area contributed by atoms with Gasteiger partial charge in [-0.05, 0) is 37.4 Å². The molecule has 0 bridgehead atoms. The lowest BCUT2D eigenvalue weighted by atomic mass is 9.97. The quantitative estimate of drug-likeness (QED) is 0.845. The molecule has 1 aromatic heterocycles. The minimum atomic E-state index is 0.291. The van der Waals surface area contributed by atoms with Crippen LogP contribution in [0.3, 0.4) is 0 Å². The molecule has 3 nitrogen and oxygen atoms in total. The zero-order chi connectivity index (χ0) is 11.2. The Bertz CT molecular complexity index is 296. The lowest BCUT2D eigenvalue weighted by Gasteiger charge is -2.31. The second kappa shape index (κ2) is 5.97. The highest BCUT2D eigenvalue weighted by molar-refractivity contribution is 5.15. The van der Waals surface area contributed by atoms with Crippen LogP contribution in [0.1, 0.15) is 37.8 Å². The van der Waals surface area contributed by atoms with Gasteiger partial charge in [0.2, 0.25) is 0 Å². The zero-order valence-corrected chi connectivity index (χ0v) is 9.86. The standard InChI is InChI=1S/C13H20N2O/c1-2-15-13(11-6-5-8-14-10-11)12-7-3-4-9-16-12/h5-6,8,10,12-13,15H,2-4,7,9H2,1H3. The first-order valence-corrected chi connectivity index (χ1v) is 6.16. The number of hydrogen-bond donors (Lipinski definition) is 1. The summed E-state index contributed by atoms with van der Waals surface area (Å²) in [6.07, 6.45) is 7.67. The largest absolute Gasteiger partial charge is 0.376 e. The van der Waals surface area contributed by atoms with Crippen molar-refractivity contribution < 1.29 is 4.74 Å². The summed E-state index contributed by atoms with van der Waals surface area (Å²) in [5.41, 5.74) is 1.23. The predicted octanol–water partition coefficient (Wildman–Crippen LogP) is 2.30. The van der Waals surface area contributed by atoms with Crippen molar-refractivity contribution >= 4 is 0 Å². The van der Waals surface area contributed by atoms with E-state index in [0.29, 0.717) is 12.1 Å². The third kappa shape index (κ3) is 2.80. The fraction of sp³-hybridized carbons (Fsp3) is 0.615. The Morgan fingerprint density at radius 1 is 1.56 bits per heavy atom. The van der Waals surface area contributed by atoms with Crippen LogP contribution in [0.25, 0.3) is 0 Å². The number of nitrogens with one attached hydrogen (secondary N) is 1. The summed E-state index contributed by atoms with van der Waals surface area (Å²) in [7, 11) is 0. The Morgan fingerprint density at radius 2 is 2.50 bits per heavy atom. The van der Waals surface area contributed by atoms with Crippen LogP contribution in [0.15, 0.2) is 24.5 Å². The summed E-state index contributed by atoms with van der Waals surface area (Å²) >= 11 is 0. The number of aromatic nitrogens is 1. The third-order valence-corrected chi connectivity index (χ3v) is 3.05. The van der Waals surface area contributed by atoms with Gasteiger partial charge in [-0.3, -0.25) is 4.98 Å². The van der Waals surface area contributed by atoms with E-state index in [1.54, 1.807) is 0 Å². The monoisotopic (exact) mass is 220 g/mol. The van der Waals surface area contributed by atoms with E-state index in [1.807, 2.05) is 18.5 Å². The molecule has 2 unspecified atom stereocenters. The van der Waals surface area contributed by atoms with Crippen molar-refractivity contribution in [2.24, 2.45) is 0 Å². The van der Waals surface area contributed by atoms with Gasteiger partial charge in [0.15, 0.2) is 0 Å². The fourth-order valence-electron chi connectivity index (χ4n) is 2.27. The molecular formula is C13H20N2O. The van der Waals surface area contributed by atoms with E-state index in [4.69, 9.17) is 4.74 Å². The fourth-order valence-corrected chi connectivity index (χ4v) is 2.27. The second-order valence-electron chi connectivity index (χ2n) is 4.23. The van der Waals surface area contributed by atoms with Gasteiger partial charge in [-0.15, -0.1) is 0 Å². The van der Waals surface area contributed by atoms with Crippen molar-refractivity contribution in [3.63, 3.8) is 0 Å². The molecule has 0 aromatic carbocycles. The zero-order valence-electron chi connectivity index (χ0n) is 9.86. The van der Waals surface area contributed by atoms with E-state index in [2.05, 4.69) is 23.3 Å². The Kier molecular flexibility index (Phi) is 4.31. The van der Waals surface area contributed by atoms with Crippen LogP contribution < -0.4 is 5.32 Å². The summed E-state index contributed by atoms with van der Waals surface area (Å²) in [6, 6.07) is 4.40. The molecule has 1 aliphatic heterocycles. The van der Waals surface area contributed by atoms with Crippen molar-refractivity contribution in [2.45, 2.75) is 38.3 Å². The molecule has 1 aliphatic rings. The molecule has 2 atom stereocenters. The second-order valence-corrected chi connectivity index (χ2v) is 4.23. The van der Waals surface area contributed by atoms with Gasteiger partial charge in [0.25, 0.3) is 0 Å². The number of likely N-dealkylation sites (N-methyl/N-ethyl adjacent to an activating group) is 1. The summed E-state index contributed by atoms with van der Waals surface area (Å²) in [5.74, 6) is 0. The molecule has 1 saturated heterocycles. The molecule has 2 rings (SSSR count). The molecular weight excluding hydrogens is 200 g/mol. The van der Waals surface area contributed by atoms with Gasteiger partial charge in [-0.2, -0.15) is 0 Å². The Labute approximate surface area is 97.2 Å². The topological polar surface area (TPSA) is 34.2 Å². The molecule has 1 N–H and O–H groups in total. The average Bonchev–Trinajstić information content (AvgIpc) is 2.38. The van der Waals surface area contributed by atoms with Gasteiger partial charge in [-0.25, -0.2) is 0 Å². The average molecular weight is 220 g/mol. The summed E-state index contributed by atoms with van der Waals surface area (Å²) < 4.78 is 5.86. The molecule has 88 valence electrons. The van der Waals surface area contributed by atoms with Crippen LogP contribution in [-0.4, -0.2) is 24.2 Å². The van der Waals surface area contributed by atoms with E-state index < -0.39 is 0 Å². The summed E-state index contributed by atoms with van der Waals surface area (Å²) in [5, 5.41) is 3.50. The van der Waals surface area contributed by atoms with Crippen molar-refractivity contribution in [1.29, 1.82) is 0 Å². The van der Waals surface area contributed by atoms with E-state index in [-0.39, 0.29) is 0 Å². The minimum Gasteiger partial charge on any atom is -0.376 e. The molecule has 1 aromatic rings. The predicted molar refractivity (Wildman–Crippen MR) is 64.2 cm³/mol. The number of rotatable bonds is 4. The first-order valence-electron chi connectivity index (χ1n) is 6.16. The number of nitrogens with zero attached hydrogens (tertiary/aromatic N) is 1. The number of ether oxygens (including phenoxy) is 1. The van der Waals surface area contributed by atoms with Gasteiger partial charge in [0, 0.05) is 19.0 Å². The lowest BCUT2D eigenvalue weighted by molar-refractivity contribution is -0.00793. The molecule has 16 heavy (non-hydrogen) atoms. The smallest absolute Gasteiger partial charge is 0.0770 e. The molecule has 0 spiro atoms. The van der Waals surface area contributed by atoms with Crippen molar-refractivity contribution in [1.82, 2.24) is 10.3 Å². The molecule has 1 fully saturated rings. The van der Waals surface area contributed by atoms with E-state index >= 15 is 0 Å². The van der Waals surface area contributed by atoms with Gasteiger partial charge in [0.1, 0.15) is 0 Å². The number of hydrogen-bond acceptors (Lipinski definition) is 3. The molecule has 3 heteroatoms. The Hall–Kier alpha value is -0.930. The normalized spacial score (nSPS) is 22.9. The highest BCUT2D eigenvalue weighted by atomic mass is 16.5. The Balaban J connectivity index is 2.09. The SMILES string of the molecule is CCNC(c1cccnc1)C1CCCCO1. The van der Waals surface area contributed by atoms with Gasteiger partial charge in [0.05, 0.1) is 12.1 Å². The van der Waals surface area contributed by atoms with E-state index in [1.165, 1.54) is 18.4 Å². The van der Waals surface area contributed by atoms with Crippen molar-refractivity contribution in [3.8, 4) is 0 Å². The minimum absolute atomic E-state index is 0.291. The Morgan fingerprint density at radius 3 is 3.12 bits per heavy atom. The van der Waals surface area contributed by atoms with Crippen LogP contribution in [0.4, 0.5) is 0 Å². The first kappa shape index (κ1) is 11.6. The highest BCUT2D eigenvalue weighted by Crippen LogP contribution is 2.25. The van der Waals surface area contributed by atoms with Gasteiger partial charge >= 0.3 is 0 Å². The number of pyridine rings is 1. The van der Waals surface area contributed by atoms with Crippen molar-refractivity contribution in [3.05, 3.63) is 30.1 Å². The first-order chi connectivity index (χ1) is 7.92. The van der Waals surface area contributed by atoms with E-state index in [0.717, 1.165) is 19.6 Å². The molecule has 0 aliphatic carbocycles. The van der Waals surface area contributed by atoms with Crippen LogP contribution in [0.5, 0.6) is 0 Å². The van der Waals surface area contributed by atoms with Crippen molar-refractivity contribution in [2.75, 3.05) is 13.2 Å². The highest BCUT2D eigenvalue weighted by Gasteiger charge is 2.25. The van der Waals surface area contributed by atoms with Crippen LogP contribution >= 0.6 is 0 Å². The van der Waals surface area contributed by atoms with Crippen LogP contribution in [0, 0.1) is 0 Å². The van der Waals surface area contributed by atoms with Gasteiger partial charge in [-0.1, -0.05) is 13.0 Å². The summed E-state index contributed by atoms with van der Waals surface area (Å²) in [6.45, 7) is 3.98. The molecule has 0 amide bonds. The maximum Gasteiger partial charge on any atom is 0.0770 e. The van der Waals surface area contributed by atoms with E-state index in [9.17, 15) is 0 Å². The molecule has 2 heterocycles. The van der Waals surface area contributed by atoms with Crippen LogP contribution in [-0.2, 0) is 4.74 Å². The molecule has 0 radical (unpaired) electrons.